The van der Waals surface area contributed by atoms with Crippen molar-refractivity contribution < 1.29 is 4.74 Å². The first kappa shape index (κ1) is 24.9. The Morgan fingerprint density at radius 2 is 1.74 bits per heavy atom. The minimum atomic E-state index is 0.141. The highest BCUT2D eigenvalue weighted by Crippen LogP contribution is 2.42. The summed E-state index contributed by atoms with van der Waals surface area (Å²) in [7, 11) is 0. The molecule has 5 heterocycles. The van der Waals surface area contributed by atoms with Crippen LogP contribution in [0.3, 0.4) is 0 Å². The van der Waals surface area contributed by atoms with Crippen molar-refractivity contribution in [2.75, 3.05) is 37.7 Å². The predicted molar refractivity (Wildman–Crippen MR) is 158 cm³/mol. The van der Waals surface area contributed by atoms with Crippen LogP contribution in [0.15, 0.2) is 36.5 Å². The summed E-state index contributed by atoms with van der Waals surface area (Å²) in [6.07, 6.45) is 13.3. The van der Waals surface area contributed by atoms with E-state index < -0.39 is 0 Å². The Bertz CT molecular complexity index is 1570. The molecule has 2 aromatic heterocycles. The van der Waals surface area contributed by atoms with Crippen molar-refractivity contribution in [1.82, 2.24) is 25.1 Å². The van der Waals surface area contributed by atoms with Gasteiger partial charge < -0.3 is 9.64 Å². The van der Waals surface area contributed by atoms with Crippen molar-refractivity contribution in [1.29, 1.82) is 0 Å². The molecule has 202 valence electrons. The summed E-state index contributed by atoms with van der Waals surface area (Å²) in [5.41, 5.74) is 6.44. The number of hydrogen-bond acceptors (Lipinski definition) is 6. The molecule has 2 fully saturated rings. The van der Waals surface area contributed by atoms with Gasteiger partial charge in [0.25, 0.3) is 0 Å². The number of benzene rings is 2. The number of nitrogens with zero attached hydrogens (tertiary/aromatic N) is 5. The number of anilines is 1. The van der Waals surface area contributed by atoms with Crippen LogP contribution in [0, 0.1) is 13.8 Å². The molecule has 7 rings (SSSR count). The fourth-order valence-electron chi connectivity index (χ4n) is 6.97. The fourth-order valence-corrected chi connectivity index (χ4v) is 7.22. The summed E-state index contributed by atoms with van der Waals surface area (Å²) in [6, 6.07) is 6.77. The number of hydrogen-bond donors (Lipinski definition) is 1. The van der Waals surface area contributed by atoms with Crippen LogP contribution >= 0.6 is 11.6 Å². The molecule has 0 bridgehead atoms. The van der Waals surface area contributed by atoms with Gasteiger partial charge in [0, 0.05) is 34.4 Å². The highest BCUT2D eigenvalue weighted by molar-refractivity contribution is 6.35. The average molecular weight is 543 g/mol. The van der Waals surface area contributed by atoms with Gasteiger partial charge in [-0.2, -0.15) is 15.1 Å². The van der Waals surface area contributed by atoms with Crippen molar-refractivity contribution in [3.63, 3.8) is 0 Å². The van der Waals surface area contributed by atoms with Crippen molar-refractivity contribution in [2.45, 2.75) is 57.9 Å². The standard InChI is InChI=1S/C31H35ClN6O/c1-20-15-27-24(18-33-36-27)28(21(20)2)22-17-26-23(16-25(22)32)29(37-11-5-3-4-6-12-37)35-30(34-26)39-19-31-9-7-13-38(31)14-8-10-31/h3-4,15-18H,5-14,19H2,1-2H3,(H,33,36). The third kappa shape index (κ3) is 4.27. The second kappa shape index (κ2) is 9.79. The second-order valence-electron chi connectivity index (χ2n) is 11.4. The zero-order valence-corrected chi connectivity index (χ0v) is 23.5. The molecule has 39 heavy (non-hydrogen) atoms. The van der Waals surface area contributed by atoms with E-state index >= 15 is 0 Å². The van der Waals surface area contributed by atoms with Gasteiger partial charge in [0.15, 0.2) is 0 Å². The van der Waals surface area contributed by atoms with E-state index in [2.05, 4.69) is 58.1 Å². The number of fused-ring (bicyclic) bond motifs is 3. The number of halogens is 1. The molecule has 0 unspecified atom stereocenters. The molecule has 7 nitrogen and oxygen atoms in total. The molecular formula is C31H35ClN6O. The molecule has 2 saturated heterocycles. The Balaban J connectivity index is 1.36. The van der Waals surface area contributed by atoms with E-state index in [-0.39, 0.29) is 5.54 Å². The lowest BCUT2D eigenvalue weighted by molar-refractivity contribution is 0.108. The van der Waals surface area contributed by atoms with Crippen molar-refractivity contribution >= 4 is 39.2 Å². The van der Waals surface area contributed by atoms with Gasteiger partial charge in [-0.15, -0.1) is 0 Å². The zero-order valence-electron chi connectivity index (χ0n) is 22.8. The van der Waals surface area contributed by atoms with Crippen molar-refractivity contribution in [2.24, 2.45) is 0 Å². The Morgan fingerprint density at radius 1 is 0.974 bits per heavy atom. The van der Waals surface area contributed by atoms with Gasteiger partial charge in [0.1, 0.15) is 12.4 Å². The summed E-state index contributed by atoms with van der Waals surface area (Å²) >= 11 is 7.07. The molecule has 2 aromatic carbocycles. The van der Waals surface area contributed by atoms with E-state index in [0.717, 1.165) is 64.7 Å². The Morgan fingerprint density at radius 3 is 2.51 bits per heavy atom. The largest absolute Gasteiger partial charge is 0.461 e. The highest BCUT2D eigenvalue weighted by Gasteiger charge is 2.45. The van der Waals surface area contributed by atoms with Crippen LogP contribution < -0.4 is 9.64 Å². The molecule has 0 atom stereocenters. The van der Waals surface area contributed by atoms with Gasteiger partial charge in [-0.05, 0) is 100 Å². The first-order chi connectivity index (χ1) is 19.0. The lowest BCUT2D eigenvalue weighted by Crippen LogP contribution is -2.43. The summed E-state index contributed by atoms with van der Waals surface area (Å²) in [5.74, 6) is 0.911. The van der Waals surface area contributed by atoms with Crippen LogP contribution in [0.1, 0.15) is 49.7 Å². The molecule has 0 radical (unpaired) electrons. The summed E-state index contributed by atoms with van der Waals surface area (Å²) in [5, 5.41) is 10.2. The van der Waals surface area contributed by atoms with E-state index in [1.54, 1.807) is 0 Å². The Labute approximate surface area is 234 Å². The van der Waals surface area contributed by atoms with E-state index in [4.69, 9.17) is 26.3 Å². The van der Waals surface area contributed by atoms with Crippen LogP contribution in [0.25, 0.3) is 32.9 Å². The number of aryl methyl sites for hydroxylation is 1. The van der Waals surface area contributed by atoms with Gasteiger partial charge in [-0.25, -0.2) is 0 Å². The van der Waals surface area contributed by atoms with Crippen LogP contribution in [0.5, 0.6) is 6.01 Å². The number of ether oxygens (including phenoxy) is 1. The number of H-pyrrole nitrogens is 1. The van der Waals surface area contributed by atoms with Gasteiger partial charge in [-0.1, -0.05) is 23.8 Å². The average Bonchev–Trinajstić information content (AvgIpc) is 3.59. The van der Waals surface area contributed by atoms with E-state index in [0.29, 0.717) is 17.6 Å². The summed E-state index contributed by atoms with van der Waals surface area (Å²) in [4.78, 5) is 15.0. The molecule has 3 aliphatic heterocycles. The van der Waals surface area contributed by atoms with Crippen molar-refractivity contribution in [3.8, 4) is 17.1 Å². The van der Waals surface area contributed by atoms with Crippen LogP contribution in [-0.2, 0) is 0 Å². The second-order valence-corrected chi connectivity index (χ2v) is 11.9. The SMILES string of the molecule is Cc1cc2[nH]ncc2c(-c2cc3nc(OCC45CCCN4CCC5)nc(N4CCC=CCC4)c3cc2Cl)c1C. The quantitative estimate of drug-likeness (QED) is 0.286. The molecule has 3 aliphatic rings. The molecule has 1 N–H and O–H groups in total. The third-order valence-corrected chi connectivity index (χ3v) is 9.47. The first-order valence-corrected chi connectivity index (χ1v) is 14.6. The maximum atomic E-state index is 7.07. The molecule has 0 spiro atoms. The van der Waals surface area contributed by atoms with Crippen LogP contribution in [-0.4, -0.2) is 63.4 Å². The Hall–Kier alpha value is -3.16. The Kier molecular flexibility index (Phi) is 6.24. The number of aromatic amines is 1. The van der Waals surface area contributed by atoms with Gasteiger partial charge in [-0.3, -0.25) is 10.00 Å². The molecule has 0 aliphatic carbocycles. The van der Waals surface area contributed by atoms with Crippen LogP contribution in [0.2, 0.25) is 5.02 Å². The van der Waals surface area contributed by atoms with Gasteiger partial charge >= 0.3 is 6.01 Å². The minimum absolute atomic E-state index is 0.141. The topological polar surface area (TPSA) is 70.2 Å². The number of aromatic nitrogens is 4. The number of nitrogens with one attached hydrogen (secondary N) is 1. The van der Waals surface area contributed by atoms with Gasteiger partial charge in [0.05, 0.1) is 22.8 Å². The monoisotopic (exact) mass is 542 g/mol. The summed E-state index contributed by atoms with van der Waals surface area (Å²) < 4.78 is 6.49. The smallest absolute Gasteiger partial charge is 0.319 e. The summed E-state index contributed by atoms with van der Waals surface area (Å²) in [6.45, 7) is 9.09. The van der Waals surface area contributed by atoms with Gasteiger partial charge in [0.2, 0.25) is 0 Å². The molecule has 0 saturated carbocycles. The minimum Gasteiger partial charge on any atom is -0.461 e. The first-order valence-electron chi connectivity index (χ1n) is 14.3. The molecular weight excluding hydrogens is 508 g/mol. The predicted octanol–water partition coefficient (Wildman–Crippen LogP) is 6.61. The zero-order chi connectivity index (χ0) is 26.6. The third-order valence-electron chi connectivity index (χ3n) is 9.16. The molecule has 4 aromatic rings. The maximum absolute atomic E-state index is 7.07. The van der Waals surface area contributed by atoms with E-state index in [1.807, 2.05) is 12.3 Å². The highest BCUT2D eigenvalue weighted by atomic mass is 35.5. The number of rotatable bonds is 5. The molecule has 0 amide bonds. The fraction of sp³-hybridized carbons (Fsp3) is 0.452. The lowest BCUT2D eigenvalue weighted by atomic mass is 9.93. The normalized spacial score (nSPS) is 19.2. The van der Waals surface area contributed by atoms with Crippen molar-refractivity contribution in [3.05, 3.63) is 52.7 Å². The van der Waals surface area contributed by atoms with E-state index in [1.165, 1.54) is 49.9 Å². The van der Waals surface area contributed by atoms with E-state index in [9.17, 15) is 0 Å². The lowest BCUT2D eigenvalue weighted by Gasteiger charge is -2.31. The maximum Gasteiger partial charge on any atom is 0.319 e. The molecule has 8 heteroatoms. The van der Waals surface area contributed by atoms with Crippen LogP contribution in [0.4, 0.5) is 5.82 Å².